The summed E-state index contributed by atoms with van der Waals surface area (Å²) in [7, 11) is 0. The van der Waals surface area contributed by atoms with Gasteiger partial charge in [0.15, 0.2) is 0 Å². The molecular weight excluding hydrogens is 270 g/mol. The van der Waals surface area contributed by atoms with Crippen molar-refractivity contribution in [3.63, 3.8) is 0 Å². The van der Waals surface area contributed by atoms with Crippen LogP contribution < -0.4 is 10.1 Å². The van der Waals surface area contributed by atoms with Gasteiger partial charge in [-0.3, -0.25) is 4.79 Å². The van der Waals surface area contributed by atoms with Gasteiger partial charge in [0.25, 0.3) is 0 Å². The Bertz CT molecular complexity index is 602. The minimum Gasteiger partial charge on any atom is -0.481 e. The summed E-state index contributed by atoms with van der Waals surface area (Å²) >= 11 is 0. The van der Waals surface area contributed by atoms with E-state index in [-0.39, 0.29) is 13.0 Å². The fraction of sp³-hybridized carbons (Fsp3) is 0.267. The fourth-order valence-corrected chi connectivity index (χ4v) is 1.71. The summed E-state index contributed by atoms with van der Waals surface area (Å²) in [6.45, 7) is 2.53. The first-order chi connectivity index (χ1) is 10.1. The van der Waals surface area contributed by atoms with E-state index >= 15 is 0 Å². The third-order valence-electron chi connectivity index (χ3n) is 2.68. The lowest BCUT2D eigenvalue weighted by Crippen LogP contribution is -2.11. The van der Waals surface area contributed by atoms with Crippen LogP contribution in [0.4, 0.5) is 5.95 Å². The van der Waals surface area contributed by atoms with Crippen LogP contribution in [0, 0.1) is 6.92 Å². The van der Waals surface area contributed by atoms with Crippen LogP contribution in [0.15, 0.2) is 36.4 Å². The predicted molar refractivity (Wildman–Crippen MR) is 78.3 cm³/mol. The molecule has 0 aliphatic rings. The summed E-state index contributed by atoms with van der Waals surface area (Å²) in [6.07, 6.45) is 0.0114. The van der Waals surface area contributed by atoms with Crippen LogP contribution >= 0.6 is 0 Å². The predicted octanol–water partition coefficient (Wildman–Crippen LogP) is 2.25. The average Bonchev–Trinajstić information content (AvgIpc) is 2.45. The molecule has 0 saturated carbocycles. The van der Waals surface area contributed by atoms with Crippen LogP contribution in [0.1, 0.15) is 17.7 Å². The summed E-state index contributed by atoms with van der Waals surface area (Å²) in [6, 6.07) is 11.5. The van der Waals surface area contributed by atoms with Gasteiger partial charge in [-0.2, -0.15) is 4.98 Å². The highest BCUT2D eigenvalue weighted by Gasteiger charge is 2.04. The Morgan fingerprint density at radius 3 is 2.76 bits per heavy atom. The Morgan fingerprint density at radius 1 is 1.29 bits per heavy atom. The molecule has 21 heavy (non-hydrogen) atoms. The smallest absolute Gasteiger partial charge is 0.305 e. The minimum absolute atomic E-state index is 0.0114. The van der Waals surface area contributed by atoms with Crippen LogP contribution in [-0.4, -0.2) is 27.6 Å². The van der Waals surface area contributed by atoms with Gasteiger partial charge in [-0.15, -0.1) is 0 Å². The van der Waals surface area contributed by atoms with Crippen molar-refractivity contribution in [1.29, 1.82) is 0 Å². The van der Waals surface area contributed by atoms with Crippen LogP contribution in [0.25, 0.3) is 0 Å². The number of hydrogen-bond acceptors (Lipinski definition) is 5. The van der Waals surface area contributed by atoms with Gasteiger partial charge in [-0.25, -0.2) is 4.98 Å². The highest BCUT2D eigenvalue weighted by Crippen LogP contribution is 2.13. The monoisotopic (exact) mass is 287 g/mol. The first-order valence-corrected chi connectivity index (χ1v) is 6.61. The van der Waals surface area contributed by atoms with Crippen molar-refractivity contribution in [3.8, 4) is 5.88 Å². The number of rotatable bonds is 7. The molecule has 0 fully saturated rings. The molecule has 6 nitrogen and oxygen atoms in total. The number of ether oxygens (including phenoxy) is 1. The van der Waals surface area contributed by atoms with E-state index in [9.17, 15) is 4.79 Å². The van der Waals surface area contributed by atoms with E-state index in [0.717, 1.165) is 11.3 Å². The van der Waals surface area contributed by atoms with E-state index in [4.69, 9.17) is 9.84 Å². The molecule has 2 N–H and O–H groups in total. The van der Waals surface area contributed by atoms with Crippen LogP contribution in [0.2, 0.25) is 0 Å². The summed E-state index contributed by atoms with van der Waals surface area (Å²) in [5.41, 5.74) is 1.81. The lowest BCUT2D eigenvalue weighted by molar-refractivity contribution is -0.136. The number of carboxylic acid groups (broad SMARTS) is 1. The van der Waals surface area contributed by atoms with Gasteiger partial charge in [0, 0.05) is 18.3 Å². The number of anilines is 1. The zero-order valence-corrected chi connectivity index (χ0v) is 11.7. The number of carboxylic acids is 1. The molecule has 0 atom stereocenters. The maximum Gasteiger partial charge on any atom is 0.305 e. The molecule has 0 bridgehead atoms. The molecule has 0 unspecified atom stereocenters. The second kappa shape index (κ2) is 7.23. The second-order valence-electron chi connectivity index (χ2n) is 4.52. The van der Waals surface area contributed by atoms with Gasteiger partial charge >= 0.3 is 5.97 Å². The van der Waals surface area contributed by atoms with Crippen LogP contribution in [0.3, 0.4) is 0 Å². The molecule has 0 amide bonds. The van der Waals surface area contributed by atoms with E-state index in [0.29, 0.717) is 18.4 Å². The maximum absolute atomic E-state index is 10.5. The number of nitrogens with one attached hydrogen (secondary N) is 1. The van der Waals surface area contributed by atoms with E-state index in [1.54, 1.807) is 6.07 Å². The van der Waals surface area contributed by atoms with Crippen LogP contribution in [-0.2, 0) is 11.4 Å². The Hall–Kier alpha value is -2.63. The normalized spacial score (nSPS) is 10.1. The average molecular weight is 287 g/mol. The SMILES string of the molecule is Cc1cc(OCc2ccccc2)nc(NCCC(=O)O)n1. The largest absolute Gasteiger partial charge is 0.481 e. The van der Waals surface area contributed by atoms with E-state index in [2.05, 4.69) is 15.3 Å². The van der Waals surface area contributed by atoms with Crippen molar-refractivity contribution in [2.24, 2.45) is 0 Å². The van der Waals surface area contributed by atoms with E-state index in [1.807, 2.05) is 37.3 Å². The fourth-order valence-electron chi connectivity index (χ4n) is 1.71. The maximum atomic E-state index is 10.5. The molecule has 0 saturated heterocycles. The molecular formula is C15H17N3O3. The lowest BCUT2D eigenvalue weighted by atomic mass is 10.2. The summed E-state index contributed by atoms with van der Waals surface area (Å²) in [5, 5.41) is 11.5. The zero-order valence-electron chi connectivity index (χ0n) is 11.7. The molecule has 1 heterocycles. The number of benzene rings is 1. The van der Waals surface area contributed by atoms with Gasteiger partial charge in [0.05, 0.1) is 6.42 Å². The standard InChI is InChI=1S/C15H17N3O3/c1-11-9-13(21-10-12-5-3-2-4-6-12)18-15(17-11)16-8-7-14(19)20/h2-6,9H,7-8,10H2,1H3,(H,19,20)(H,16,17,18). The molecule has 1 aromatic heterocycles. The number of carbonyl (C=O) groups is 1. The molecule has 0 aliphatic carbocycles. The number of nitrogens with zero attached hydrogens (tertiary/aromatic N) is 2. The zero-order chi connectivity index (χ0) is 15.1. The first kappa shape index (κ1) is 14.8. The van der Waals surface area contributed by atoms with Gasteiger partial charge in [0.1, 0.15) is 6.61 Å². The summed E-state index contributed by atoms with van der Waals surface area (Å²) < 4.78 is 5.63. The van der Waals surface area contributed by atoms with E-state index < -0.39 is 5.97 Å². The van der Waals surface area contributed by atoms with Crippen molar-refractivity contribution in [2.75, 3.05) is 11.9 Å². The molecule has 2 aromatic rings. The number of aromatic nitrogens is 2. The Kier molecular flexibility index (Phi) is 5.09. The second-order valence-corrected chi connectivity index (χ2v) is 4.52. The van der Waals surface area contributed by atoms with Gasteiger partial charge < -0.3 is 15.2 Å². The molecule has 6 heteroatoms. The van der Waals surface area contributed by atoms with Crippen molar-refractivity contribution < 1.29 is 14.6 Å². The van der Waals surface area contributed by atoms with E-state index in [1.165, 1.54) is 0 Å². The topological polar surface area (TPSA) is 84.3 Å². The molecule has 0 radical (unpaired) electrons. The quantitative estimate of drug-likeness (QED) is 0.812. The van der Waals surface area contributed by atoms with Gasteiger partial charge in [-0.05, 0) is 12.5 Å². The summed E-state index contributed by atoms with van der Waals surface area (Å²) in [4.78, 5) is 18.9. The number of aryl methyl sites for hydroxylation is 1. The summed E-state index contributed by atoms with van der Waals surface area (Å²) in [5.74, 6) is -0.0285. The Morgan fingerprint density at radius 2 is 2.05 bits per heavy atom. The van der Waals surface area contributed by atoms with Gasteiger partial charge in [-0.1, -0.05) is 30.3 Å². The lowest BCUT2D eigenvalue weighted by Gasteiger charge is -2.09. The van der Waals surface area contributed by atoms with Crippen molar-refractivity contribution in [3.05, 3.63) is 47.7 Å². The van der Waals surface area contributed by atoms with Crippen molar-refractivity contribution in [1.82, 2.24) is 9.97 Å². The third-order valence-corrected chi connectivity index (χ3v) is 2.68. The number of aliphatic carboxylic acids is 1. The third kappa shape index (κ3) is 5.10. The minimum atomic E-state index is -0.865. The molecule has 0 aliphatic heterocycles. The highest BCUT2D eigenvalue weighted by molar-refractivity contribution is 5.67. The van der Waals surface area contributed by atoms with Crippen molar-refractivity contribution >= 4 is 11.9 Å². The Balaban J connectivity index is 1.96. The highest BCUT2D eigenvalue weighted by atomic mass is 16.5. The van der Waals surface area contributed by atoms with Crippen LogP contribution in [0.5, 0.6) is 5.88 Å². The van der Waals surface area contributed by atoms with Gasteiger partial charge in [0.2, 0.25) is 11.8 Å². The molecule has 2 rings (SSSR count). The molecule has 1 aromatic carbocycles. The molecule has 110 valence electrons. The van der Waals surface area contributed by atoms with Crippen molar-refractivity contribution in [2.45, 2.75) is 20.0 Å². The molecule has 0 spiro atoms. The first-order valence-electron chi connectivity index (χ1n) is 6.61. The Labute approximate surface area is 122 Å². The number of hydrogen-bond donors (Lipinski definition) is 2.